The fourth-order valence-corrected chi connectivity index (χ4v) is 2.25. The monoisotopic (exact) mass is 274 g/mol. The molecule has 0 saturated carbocycles. The zero-order valence-corrected chi connectivity index (χ0v) is 11.5. The van der Waals surface area contributed by atoms with Crippen molar-refractivity contribution in [3.63, 3.8) is 0 Å². The summed E-state index contributed by atoms with van der Waals surface area (Å²) < 4.78 is 0. The van der Waals surface area contributed by atoms with Gasteiger partial charge < -0.3 is 10.2 Å². The Morgan fingerprint density at radius 1 is 1.65 bits per heavy atom. The zero-order valence-electron chi connectivity index (χ0n) is 11.5. The molecular formula is C14H18N4O2. The topological polar surface area (TPSA) is 75.2 Å². The Morgan fingerprint density at radius 2 is 2.45 bits per heavy atom. The molecule has 6 nitrogen and oxygen atoms in total. The van der Waals surface area contributed by atoms with Crippen molar-refractivity contribution in [2.75, 3.05) is 6.54 Å². The van der Waals surface area contributed by atoms with Crippen molar-refractivity contribution in [1.29, 1.82) is 0 Å². The molecule has 1 unspecified atom stereocenters. The van der Waals surface area contributed by atoms with Crippen LogP contribution in [0.5, 0.6) is 0 Å². The van der Waals surface area contributed by atoms with Gasteiger partial charge in [-0.2, -0.15) is 0 Å². The normalized spacial score (nSPS) is 18.8. The number of piperidine rings is 1. The number of likely N-dealkylation sites (tertiary alicyclic amines) is 1. The fourth-order valence-electron chi connectivity index (χ4n) is 2.25. The van der Waals surface area contributed by atoms with Crippen LogP contribution in [0.2, 0.25) is 0 Å². The number of nitrogens with one attached hydrogen (secondary N) is 1. The van der Waals surface area contributed by atoms with Crippen molar-refractivity contribution in [3.05, 3.63) is 36.4 Å². The van der Waals surface area contributed by atoms with Crippen LogP contribution < -0.4 is 5.32 Å². The van der Waals surface area contributed by atoms with Gasteiger partial charge in [0.1, 0.15) is 11.9 Å². The summed E-state index contributed by atoms with van der Waals surface area (Å²) >= 11 is 0. The van der Waals surface area contributed by atoms with Crippen molar-refractivity contribution in [2.24, 2.45) is 0 Å². The number of carbonyl (C=O) groups is 2. The van der Waals surface area contributed by atoms with Crippen molar-refractivity contribution in [1.82, 2.24) is 20.2 Å². The Labute approximate surface area is 117 Å². The van der Waals surface area contributed by atoms with E-state index in [1.54, 1.807) is 17.2 Å². The van der Waals surface area contributed by atoms with Crippen LogP contribution in [0, 0.1) is 6.92 Å². The van der Waals surface area contributed by atoms with Crippen molar-refractivity contribution >= 4 is 11.8 Å². The number of nitrogens with zero attached hydrogens (tertiary/aromatic N) is 3. The minimum Gasteiger partial charge on any atom is -0.341 e. The molecule has 6 heteroatoms. The lowest BCUT2D eigenvalue weighted by atomic mass is 10.0. The second-order valence-electron chi connectivity index (χ2n) is 4.76. The Morgan fingerprint density at radius 3 is 3.15 bits per heavy atom. The second-order valence-corrected chi connectivity index (χ2v) is 4.76. The lowest BCUT2D eigenvalue weighted by molar-refractivity contribution is -0.138. The molecule has 0 aromatic carbocycles. The number of amides is 2. The van der Waals surface area contributed by atoms with Crippen molar-refractivity contribution in [3.8, 4) is 0 Å². The summed E-state index contributed by atoms with van der Waals surface area (Å²) in [7, 11) is 0. The van der Waals surface area contributed by atoms with Gasteiger partial charge in [0, 0.05) is 12.7 Å². The van der Waals surface area contributed by atoms with Gasteiger partial charge in [0.15, 0.2) is 0 Å². The van der Waals surface area contributed by atoms with E-state index in [0.717, 1.165) is 12.1 Å². The predicted molar refractivity (Wildman–Crippen MR) is 73.5 cm³/mol. The Hall–Kier alpha value is -2.24. The number of hydrogen-bond acceptors (Lipinski definition) is 4. The lowest BCUT2D eigenvalue weighted by Crippen LogP contribution is -2.51. The zero-order chi connectivity index (χ0) is 14.5. The summed E-state index contributed by atoms with van der Waals surface area (Å²) in [5.74, 6) is 0.300. The van der Waals surface area contributed by atoms with E-state index < -0.39 is 6.04 Å². The smallest absolute Gasteiger partial charge is 0.245 e. The fraction of sp³-hybridized carbons (Fsp3) is 0.429. The van der Waals surface area contributed by atoms with Gasteiger partial charge in [0.05, 0.1) is 12.2 Å². The molecule has 20 heavy (non-hydrogen) atoms. The van der Waals surface area contributed by atoms with Crippen molar-refractivity contribution in [2.45, 2.75) is 32.4 Å². The van der Waals surface area contributed by atoms with Crippen LogP contribution in [0.15, 0.2) is 24.9 Å². The van der Waals surface area contributed by atoms with Gasteiger partial charge in [-0.3, -0.25) is 9.59 Å². The van der Waals surface area contributed by atoms with Crippen LogP contribution in [0.25, 0.3) is 0 Å². The molecule has 0 aliphatic carbocycles. The van der Waals surface area contributed by atoms with Crippen LogP contribution in [0.3, 0.4) is 0 Å². The molecule has 1 saturated heterocycles. The first kappa shape index (κ1) is 14.2. The largest absolute Gasteiger partial charge is 0.341 e. The van der Waals surface area contributed by atoms with Crippen LogP contribution in [0.4, 0.5) is 0 Å². The molecule has 1 aliphatic rings. The first-order valence-corrected chi connectivity index (χ1v) is 6.60. The third-order valence-corrected chi connectivity index (χ3v) is 3.22. The molecule has 1 aromatic heterocycles. The quantitative estimate of drug-likeness (QED) is 0.815. The number of aryl methyl sites for hydroxylation is 1. The molecule has 1 aliphatic heterocycles. The summed E-state index contributed by atoms with van der Waals surface area (Å²) in [6, 6.07) is 1.34. The molecule has 1 atom stereocenters. The number of aromatic nitrogens is 2. The highest BCUT2D eigenvalue weighted by Crippen LogP contribution is 2.14. The predicted octanol–water partition coefficient (Wildman–Crippen LogP) is 0.578. The average molecular weight is 274 g/mol. The van der Waals surface area contributed by atoms with E-state index in [1.807, 2.05) is 6.92 Å². The minimum absolute atomic E-state index is 0.0669. The van der Waals surface area contributed by atoms with E-state index in [0.29, 0.717) is 25.3 Å². The molecule has 2 amide bonds. The van der Waals surface area contributed by atoms with E-state index in [2.05, 4.69) is 21.9 Å². The molecule has 0 radical (unpaired) electrons. The SMILES string of the molecule is C=CC(=O)NC1CCCN(Cc2ccnc(C)n2)C1=O. The molecule has 106 valence electrons. The van der Waals surface area contributed by atoms with E-state index in [4.69, 9.17) is 0 Å². The molecule has 1 N–H and O–H groups in total. The van der Waals surface area contributed by atoms with Crippen LogP contribution in [-0.4, -0.2) is 39.3 Å². The van der Waals surface area contributed by atoms with E-state index in [-0.39, 0.29) is 11.8 Å². The van der Waals surface area contributed by atoms with Gasteiger partial charge in [-0.25, -0.2) is 9.97 Å². The summed E-state index contributed by atoms with van der Waals surface area (Å²) in [5.41, 5.74) is 0.807. The first-order valence-electron chi connectivity index (χ1n) is 6.60. The summed E-state index contributed by atoms with van der Waals surface area (Å²) in [6.07, 6.45) is 4.39. The molecule has 1 aromatic rings. The third-order valence-electron chi connectivity index (χ3n) is 3.22. The highest BCUT2D eigenvalue weighted by atomic mass is 16.2. The van der Waals surface area contributed by atoms with Gasteiger partial charge >= 0.3 is 0 Å². The molecule has 0 spiro atoms. The standard InChI is InChI=1S/C14H18N4O2/c1-3-13(19)17-12-5-4-8-18(14(12)20)9-11-6-7-15-10(2)16-11/h3,6-7,12H,1,4-5,8-9H2,2H3,(H,17,19). The maximum atomic E-state index is 12.3. The molecule has 2 rings (SSSR count). The second kappa shape index (κ2) is 6.27. The van der Waals surface area contributed by atoms with E-state index in [1.165, 1.54) is 6.08 Å². The molecule has 1 fully saturated rings. The van der Waals surface area contributed by atoms with Gasteiger partial charge in [0.25, 0.3) is 0 Å². The molecule has 2 heterocycles. The van der Waals surface area contributed by atoms with Gasteiger partial charge in [-0.15, -0.1) is 0 Å². The van der Waals surface area contributed by atoms with Crippen LogP contribution in [-0.2, 0) is 16.1 Å². The summed E-state index contributed by atoms with van der Waals surface area (Å²) in [6.45, 7) is 6.34. The number of hydrogen-bond donors (Lipinski definition) is 1. The summed E-state index contributed by atoms with van der Waals surface area (Å²) in [4.78, 5) is 33.7. The maximum Gasteiger partial charge on any atom is 0.245 e. The highest BCUT2D eigenvalue weighted by molar-refractivity contribution is 5.92. The molecule has 0 bridgehead atoms. The Balaban J connectivity index is 2.03. The van der Waals surface area contributed by atoms with Crippen molar-refractivity contribution < 1.29 is 9.59 Å². The number of carbonyl (C=O) groups excluding carboxylic acids is 2. The lowest BCUT2D eigenvalue weighted by Gasteiger charge is -2.32. The van der Waals surface area contributed by atoms with Gasteiger partial charge in [0.2, 0.25) is 11.8 Å². The Kier molecular flexibility index (Phi) is 4.45. The highest BCUT2D eigenvalue weighted by Gasteiger charge is 2.29. The maximum absolute atomic E-state index is 12.3. The molecular weight excluding hydrogens is 256 g/mol. The minimum atomic E-state index is -0.461. The van der Waals surface area contributed by atoms with Gasteiger partial charge in [-0.1, -0.05) is 6.58 Å². The Bertz CT molecular complexity index is 530. The first-order chi connectivity index (χ1) is 9.60. The van der Waals surface area contributed by atoms with Gasteiger partial charge in [-0.05, 0) is 31.9 Å². The summed E-state index contributed by atoms with van der Waals surface area (Å²) in [5, 5.41) is 2.66. The van der Waals surface area contributed by atoms with E-state index >= 15 is 0 Å². The van der Waals surface area contributed by atoms with Crippen LogP contribution in [0.1, 0.15) is 24.4 Å². The van der Waals surface area contributed by atoms with Crippen LogP contribution >= 0.6 is 0 Å². The third kappa shape index (κ3) is 3.40. The average Bonchev–Trinajstić information content (AvgIpc) is 2.43. The van der Waals surface area contributed by atoms with E-state index in [9.17, 15) is 9.59 Å². The number of rotatable bonds is 4.